The van der Waals surface area contributed by atoms with Gasteiger partial charge in [0.25, 0.3) is 0 Å². The van der Waals surface area contributed by atoms with Crippen LogP contribution in [-0.2, 0) is 28.4 Å². The smallest absolute Gasteiger partial charge is 0.187 e. The normalized spacial score (nSPS) is 55.0. The molecule has 8 aliphatic rings. The van der Waals surface area contributed by atoms with Crippen LogP contribution in [0.3, 0.4) is 0 Å². The largest absolute Gasteiger partial charge is 0.396 e. The van der Waals surface area contributed by atoms with E-state index in [-0.39, 0.29) is 46.7 Å². The molecule has 17 heteroatoms. The molecule has 0 aromatic carbocycles. The maximum absolute atomic E-state index is 12.0. The zero-order chi connectivity index (χ0) is 46.7. The van der Waals surface area contributed by atoms with Crippen LogP contribution >= 0.6 is 0 Å². The van der Waals surface area contributed by atoms with Gasteiger partial charge in [-0.05, 0) is 91.9 Å². The third kappa shape index (κ3) is 7.45. The molecule has 0 aromatic heterocycles. The van der Waals surface area contributed by atoms with Crippen molar-refractivity contribution in [2.75, 3.05) is 26.4 Å². The molecule has 0 radical (unpaired) electrons. The van der Waals surface area contributed by atoms with Gasteiger partial charge in [-0.3, -0.25) is 0 Å². The summed E-state index contributed by atoms with van der Waals surface area (Å²) in [5.74, 6) is 0.0737. The van der Waals surface area contributed by atoms with Crippen molar-refractivity contribution in [3.05, 3.63) is 23.3 Å². The van der Waals surface area contributed by atoms with E-state index >= 15 is 0 Å². The summed E-state index contributed by atoms with van der Waals surface area (Å²) in [5.41, 5.74) is 0.229. The van der Waals surface area contributed by atoms with Gasteiger partial charge in [0.05, 0.1) is 44.7 Å². The molecule has 64 heavy (non-hydrogen) atoms. The second-order valence-corrected chi connectivity index (χ2v) is 22.6. The van der Waals surface area contributed by atoms with Gasteiger partial charge in [0.2, 0.25) is 0 Å². The molecule has 11 N–H and O–H groups in total. The second-order valence-electron chi connectivity index (χ2n) is 22.6. The number of aliphatic hydroxyl groups excluding tert-OH is 11. The fraction of sp³-hybridized carbons (Fsp3) is 0.915. The van der Waals surface area contributed by atoms with E-state index in [0.29, 0.717) is 12.8 Å². The van der Waals surface area contributed by atoms with Crippen LogP contribution in [0.2, 0.25) is 0 Å². The van der Waals surface area contributed by atoms with Gasteiger partial charge in [-0.2, -0.15) is 0 Å². The van der Waals surface area contributed by atoms with Gasteiger partial charge in [-0.1, -0.05) is 59.3 Å². The van der Waals surface area contributed by atoms with Crippen LogP contribution in [0.1, 0.15) is 99.8 Å². The highest BCUT2D eigenvalue weighted by atomic mass is 16.8. The minimum Gasteiger partial charge on any atom is -0.396 e. The molecule has 8 rings (SSSR count). The Morgan fingerprint density at radius 1 is 0.688 bits per heavy atom. The quantitative estimate of drug-likeness (QED) is 0.137. The van der Waals surface area contributed by atoms with E-state index in [4.69, 9.17) is 28.4 Å². The van der Waals surface area contributed by atoms with E-state index < -0.39 is 122 Å². The van der Waals surface area contributed by atoms with E-state index in [1.54, 1.807) is 6.92 Å². The highest BCUT2D eigenvalue weighted by Crippen LogP contribution is 2.74. The number of rotatable bonds is 9. The molecule has 17 nitrogen and oxygen atoms in total. The molecule has 3 saturated carbocycles. The van der Waals surface area contributed by atoms with Gasteiger partial charge >= 0.3 is 0 Å². The Hall–Kier alpha value is -1.20. The Balaban J connectivity index is 0.997. The first-order valence-corrected chi connectivity index (χ1v) is 23.6. The van der Waals surface area contributed by atoms with Gasteiger partial charge in [-0.15, -0.1) is 0 Å². The lowest BCUT2D eigenvalue weighted by molar-refractivity contribution is -0.379. The summed E-state index contributed by atoms with van der Waals surface area (Å²) >= 11 is 0. The van der Waals surface area contributed by atoms with E-state index in [1.807, 2.05) is 6.92 Å². The molecule has 3 heterocycles. The lowest BCUT2D eigenvalue weighted by atomic mass is 9.35. The Kier molecular flexibility index (Phi) is 13.3. The Labute approximate surface area is 376 Å². The van der Waals surface area contributed by atoms with Gasteiger partial charge in [0, 0.05) is 16.2 Å². The van der Waals surface area contributed by atoms with Crippen molar-refractivity contribution in [3.8, 4) is 0 Å². The summed E-state index contributed by atoms with van der Waals surface area (Å²) in [5, 5.41) is 120. The zero-order valence-corrected chi connectivity index (χ0v) is 38.4. The maximum atomic E-state index is 12.0. The van der Waals surface area contributed by atoms with Crippen molar-refractivity contribution in [3.63, 3.8) is 0 Å². The van der Waals surface area contributed by atoms with E-state index in [0.717, 1.165) is 38.5 Å². The van der Waals surface area contributed by atoms with E-state index in [1.165, 1.54) is 11.1 Å². The first-order chi connectivity index (χ1) is 30.0. The monoisotopic (exact) mass is 913 g/mol. The highest BCUT2D eigenvalue weighted by molar-refractivity contribution is 5.47. The SMILES string of the molecule is C[C@H]1O[C@@H](O[C@H]2CC[C@@]3(C)[C@H](CC[C@]4(C)[C@H]3C=CC3=C5CC(C)(C)CC[C@]5(CO)[C@@H](O)C[C@]34C)[C@]2(C)CO)[C@H](O)[C@@H](O[C@@H]2O[C@H](CO)[C@H](O[C@@H]3OC[C@@H](O)[C@H](O)[C@H]3O)[C@H](O)[C@H]2O)[C@H]1O. The average Bonchev–Trinajstić information content (AvgIpc) is 3.24. The van der Waals surface area contributed by atoms with Gasteiger partial charge in [-0.25, -0.2) is 0 Å². The fourth-order valence-electron chi connectivity index (χ4n) is 14.3. The Morgan fingerprint density at radius 2 is 1.36 bits per heavy atom. The van der Waals surface area contributed by atoms with Crippen molar-refractivity contribution >= 4 is 0 Å². The fourth-order valence-corrected chi connectivity index (χ4v) is 14.3. The van der Waals surface area contributed by atoms with Crippen LogP contribution in [0.5, 0.6) is 0 Å². The number of allylic oxidation sites excluding steroid dienone is 3. The molecule has 366 valence electrons. The van der Waals surface area contributed by atoms with Crippen LogP contribution in [0.15, 0.2) is 23.3 Å². The third-order valence-corrected chi connectivity index (χ3v) is 18.6. The summed E-state index contributed by atoms with van der Waals surface area (Å²) in [6.45, 7) is 13.7. The molecule has 0 unspecified atom stereocenters. The van der Waals surface area contributed by atoms with E-state index in [9.17, 15) is 56.2 Å². The lowest BCUT2D eigenvalue weighted by Gasteiger charge is -2.70. The summed E-state index contributed by atoms with van der Waals surface area (Å²) in [7, 11) is 0. The minimum atomic E-state index is -1.86. The van der Waals surface area contributed by atoms with Crippen molar-refractivity contribution in [2.24, 2.45) is 44.3 Å². The summed E-state index contributed by atoms with van der Waals surface area (Å²) < 4.78 is 35.5. The average molecular weight is 913 g/mol. The molecule has 23 atom stereocenters. The first-order valence-electron chi connectivity index (χ1n) is 23.6. The molecule has 3 aliphatic heterocycles. The number of hydrogen-bond acceptors (Lipinski definition) is 17. The molecule has 5 aliphatic carbocycles. The van der Waals surface area contributed by atoms with Crippen molar-refractivity contribution in [2.45, 2.75) is 198 Å². The van der Waals surface area contributed by atoms with Crippen molar-refractivity contribution in [1.29, 1.82) is 0 Å². The molecular formula is C47H76O17. The predicted octanol–water partition coefficient (Wildman–Crippen LogP) is 0.144. The number of ether oxygens (including phenoxy) is 6. The molecule has 3 saturated heterocycles. The topological polar surface area (TPSA) is 278 Å². The summed E-state index contributed by atoms with van der Waals surface area (Å²) in [6.07, 6.45) is -12.1. The van der Waals surface area contributed by atoms with Crippen LogP contribution in [0.4, 0.5) is 0 Å². The Bertz CT molecular complexity index is 1760. The van der Waals surface area contributed by atoms with E-state index in [2.05, 4.69) is 46.8 Å². The zero-order valence-electron chi connectivity index (χ0n) is 38.4. The van der Waals surface area contributed by atoms with Gasteiger partial charge in [0.15, 0.2) is 18.9 Å². The minimum absolute atomic E-state index is 0.0231. The lowest BCUT2D eigenvalue weighted by Crippen LogP contribution is -2.67. The Morgan fingerprint density at radius 3 is 2.03 bits per heavy atom. The number of aliphatic hydroxyl groups is 11. The standard InChI is InChI=1S/C47H76O17/c1-22-31(53)38(64-40-35(57)33(55)37(26(18-48)61-40)63-39-34(56)32(54)25(51)19-59-39)36(58)41(60-22)62-30-11-12-43(4)27(44(30,5)20-49)10-13-45(6)28(43)9-8-23-24-16-42(2,3)14-15-47(24,21-50)29(52)17-46(23,45)7/h8-9,22,25-41,48-58H,10-21H2,1-7H3/t22-,25-,26-,27+,28+,29+,30+,31+,32+,33-,34-,35-,36-,37+,38+,39+,40+,41+,43+,44+,45-,46-,47-/m1/s1. The maximum Gasteiger partial charge on any atom is 0.187 e. The highest BCUT2D eigenvalue weighted by Gasteiger charge is 2.69. The van der Waals surface area contributed by atoms with Crippen molar-refractivity contribution < 1.29 is 84.6 Å². The van der Waals surface area contributed by atoms with Crippen LogP contribution in [-0.4, -0.2) is 181 Å². The number of hydrogen-bond donors (Lipinski definition) is 11. The molecule has 0 amide bonds. The molecule has 0 aromatic rings. The van der Waals surface area contributed by atoms with Gasteiger partial charge in [0.1, 0.15) is 61.0 Å². The van der Waals surface area contributed by atoms with Crippen molar-refractivity contribution in [1.82, 2.24) is 0 Å². The van der Waals surface area contributed by atoms with Crippen LogP contribution < -0.4 is 0 Å². The van der Waals surface area contributed by atoms with Gasteiger partial charge < -0.3 is 84.6 Å². The number of fused-ring (bicyclic) bond motifs is 6. The predicted molar refractivity (Wildman–Crippen MR) is 225 cm³/mol. The molecule has 6 fully saturated rings. The van der Waals surface area contributed by atoms with Crippen LogP contribution in [0.25, 0.3) is 0 Å². The molecular weight excluding hydrogens is 837 g/mol. The third-order valence-electron chi connectivity index (χ3n) is 18.6. The second kappa shape index (κ2) is 17.3. The van der Waals surface area contributed by atoms with Crippen LogP contribution in [0, 0.1) is 44.3 Å². The summed E-state index contributed by atoms with van der Waals surface area (Å²) in [6, 6.07) is 0. The first kappa shape index (κ1) is 49.2. The molecule has 0 spiro atoms. The molecule has 0 bridgehead atoms. The summed E-state index contributed by atoms with van der Waals surface area (Å²) in [4.78, 5) is 0.